The highest BCUT2D eigenvalue weighted by molar-refractivity contribution is 5.94. The number of carbonyl (C=O) groups excluding carboxylic acids is 1. The van der Waals surface area contributed by atoms with Gasteiger partial charge in [-0.2, -0.15) is 0 Å². The quantitative estimate of drug-likeness (QED) is 0.752. The first-order chi connectivity index (χ1) is 14.5. The molecule has 2 fully saturated rings. The van der Waals surface area contributed by atoms with Gasteiger partial charge in [0.1, 0.15) is 17.6 Å². The van der Waals surface area contributed by atoms with Crippen LogP contribution in [0.15, 0.2) is 45.6 Å². The minimum atomic E-state index is -0.410. The highest BCUT2D eigenvalue weighted by Crippen LogP contribution is 2.24. The molecule has 1 aromatic heterocycles. The largest absolute Gasteiger partial charge is 0.490 e. The molecular weight excluding hydrogens is 384 g/mol. The Bertz CT molecular complexity index is 931. The molecule has 2 aliphatic rings. The van der Waals surface area contributed by atoms with E-state index in [1.807, 2.05) is 29.2 Å². The van der Waals surface area contributed by atoms with Gasteiger partial charge in [0, 0.05) is 63.4 Å². The normalized spacial score (nSPS) is 19.9. The molecule has 0 N–H and O–H groups in total. The lowest BCUT2D eigenvalue weighted by molar-refractivity contribution is 0.0594. The maximum atomic E-state index is 12.9. The first-order valence-corrected chi connectivity index (χ1v) is 10.5. The lowest BCUT2D eigenvalue weighted by Crippen LogP contribution is -2.41. The number of amides is 1. The standard InChI is InChI=1S/C23H28N2O5/c1-16-13-21(14-22(26)29-16)30-19-7-10-24(11-8-19)23(27)17-3-5-18(6-4-17)25-12-9-20(15-25)28-2/h3-6,13-14,19-20H,7-12,15H2,1-2H3. The molecule has 2 saturated heterocycles. The van der Waals surface area contributed by atoms with Gasteiger partial charge in [0.15, 0.2) is 0 Å². The summed E-state index contributed by atoms with van der Waals surface area (Å²) in [6.07, 6.45) is 2.76. The third-order valence-electron chi connectivity index (χ3n) is 5.86. The highest BCUT2D eigenvalue weighted by atomic mass is 16.5. The van der Waals surface area contributed by atoms with Crippen LogP contribution in [0.2, 0.25) is 0 Å². The Morgan fingerprint density at radius 3 is 2.37 bits per heavy atom. The van der Waals surface area contributed by atoms with Gasteiger partial charge in [-0.15, -0.1) is 0 Å². The molecule has 1 aromatic carbocycles. The fraction of sp³-hybridized carbons (Fsp3) is 0.478. The highest BCUT2D eigenvalue weighted by Gasteiger charge is 2.26. The van der Waals surface area contributed by atoms with E-state index in [-0.39, 0.29) is 18.1 Å². The van der Waals surface area contributed by atoms with Crippen molar-refractivity contribution in [2.45, 2.75) is 38.4 Å². The summed E-state index contributed by atoms with van der Waals surface area (Å²) in [6, 6.07) is 10.9. The SMILES string of the molecule is COC1CCN(c2ccc(C(=O)N3CCC(Oc4cc(C)oc(=O)c4)CC3)cc2)C1. The van der Waals surface area contributed by atoms with E-state index in [2.05, 4.69) is 4.90 Å². The van der Waals surface area contributed by atoms with E-state index in [1.165, 1.54) is 6.07 Å². The van der Waals surface area contributed by atoms with E-state index in [9.17, 15) is 9.59 Å². The maximum Gasteiger partial charge on any atom is 0.339 e. The Hall–Kier alpha value is -2.80. The number of benzene rings is 1. The van der Waals surface area contributed by atoms with E-state index >= 15 is 0 Å². The Morgan fingerprint density at radius 2 is 1.73 bits per heavy atom. The molecule has 0 radical (unpaired) electrons. The molecule has 0 bridgehead atoms. The summed E-state index contributed by atoms with van der Waals surface area (Å²) in [7, 11) is 1.75. The van der Waals surface area contributed by atoms with Gasteiger partial charge in [-0.05, 0) is 37.6 Å². The van der Waals surface area contributed by atoms with Gasteiger partial charge in [-0.1, -0.05) is 0 Å². The molecule has 1 amide bonds. The first kappa shape index (κ1) is 20.5. The van der Waals surface area contributed by atoms with Gasteiger partial charge in [-0.25, -0.2) is 4.79 Å². The molecule has 2 aliphatic heterocycles. The predicted molar refractivity (Wildman–Crippen MR) is 113 cm³/mol. The molecule has 2 aromatic rings. The minimum Gasteiger partial charge on any atom is -0.490 e. The van der Waals surface area contributed by atoms with E-state index in [0.717, 1.165) is 38.0 Å². The van der Waals surface area contributed by atoms with Crippen molar-refractivity contribution in [2.75, 3.05) is 38.2 Å². The number of hydrogen-bond acceptors (Lipinski definition) is 6. The zero-order valence-corrected chi connectivity index (χ0v) is 17.5. The fourth-order valence-corrected chi connectivity index (χ4v) is 4.17. The lowest BCUT2D eigenvalue weighted by Gasteiger charge is -2.32. The smallest absolute Gasteiger partial charge is 0.339 e. The zero-order valence-electron chi connectivity index (χ0n) is 17.5. The Kier molecular flexibility index (Phi) is 6.08. The topological polar surface area (TPSA) is 72.2 Å². The van der Waals surface area contributed by atoms with Crippen LogP contribution in [0.5, 0.6) is 5.75 Å². The summed E-state index contributed by atoms with van der Waals surface area (Å²) in [5, 5.41) is 0. The average molecular weight is 412 g/mol. The summed E-state index contributed by atoms with van der Waals surface area (Å²) in [4.78, 5) is 28.5. The summed E-state index contributed by atoms with van der Waals surface area (Å²) in [5.41, 5.74) is 1.42. The van der Waals surface area contributed by atoms with E-state index < -0.39 is 5.63 Å². The Balaban J connectivity index is 1.31. The van der Waals surface area contributed by atoms with Crippen LogP contribution in [0, 0.1) is 6.92 Å². The number of aryl methyl sites for hydroxylation is 1. The van der Waals surface area contributed by atoms with Gasteiger partial charge in [0.05, 0.1) is 12.2 Å². The van der Waals surface area contributed by atoms with Crippen molar-refractivity contribution < 1.29 is 18.7 Å². The van der Waals surface area contributed by atoms with Crippen molar-refractivity contribution in [1.82, 2.24) is 4.90 Å². The van der Waals surface area contributed by atoms with Crippen LogP contribution < -0.4 is 15.3 Å². The molecule has 0 spiro atoms. The number of hydrogen-bond donors (Lipinski definition) is 0. The fourth-order valence-electron chi connectivity index (χ4n) is 4.17. The number of rotatable bonds is 5. The van der Waals surface area contributed by atoms with E-state index in [1.54, 1.807) is 20.1 Å². The first-order valence-electron chi connectivity index (χ1n) is 10.5. The Morgan fingerprint density at radius 1 is 1.03 bits per heavy atom. The number of piperidine rings is 1. The van der Waals surface area contributed by atoms with Crippen molar-refractivity contribution in [3.8, 4) is 5.75 Å². The van der Waals surface area contributed by atoms with Crippen LogP contribution in [0.1, 0.15) is 35.4 Å². The van der Waals surface area contributed by atoms with Gasteiger partial charge in [0.25, 0.3) is 5.91 Å². The van der Waals surface area contributed by atoms with Crippen LogP contribution in [0.25, 0.3) is 0 Å². The number of likely N-dealkylation sites (tertiary alicyclic amines) is 1. The molecule has 3 heterocycles. The minimum absolute atomic E-state index is 0.0125. The van der Waals surface area contributed by atoms with Gasteiger partial charge >= 0.3 is 5.63 Å². The lowest BCUT2D eigenvalue weighted by atomic mass is 10.1. The maximum absolute atomic E-state index is 12.9. The molecule has 4 rings (SSSR count). The number of nitrogens with zero attached hydrogens (tertiary/aromatic N) is 2. The average Bonchev–Trinajstić information content (AvgIpc) is 3.23. The third kappa shape index (κ3) is 4.67. The molecule has 160 valence electrons. The van der Waals surface area contributed by atoms with Crippen LogP contribution in [0.4, 0.5) is 5.69 Å². The van der Waals surface area contributed by atoms with Crippen LogP contribution in [-0.4, -0.2) is 56.3 Å². The Labute approximate surface area is 176 Å². The molecule has 0 saturated carbocycles. The molecule has 1 atom stereocenters. The summed E-state index contributed by atoms with van der Waals surface area (Å²) in [5.74, 6) is 1.11. The van der Waals surface area contributed by atoms with Gasteiger partial charge in [0.2, 0.25) is 0 Å². The number of carbonyl (C=O) groups is 1. The molecule has 7 heteroatoms. The second-order valence-corrected chi connectivity index (χ2v) is 7.97. The summed E-state index contributed by atoms with van der Waals surface area (Å²) >= 11 is 0. The summed E-state index contributed by atoms with van der Waals surface area (Å²) in [6.45, 7) is 4.85. The number of methoxy groups -OCH3 is 1. The third-order valence-corrected chi connectivity index (χ3v) is 5.86. The van der Waals surface area contributed by atoms with Crippen molar-refractivity contribution in [2.24, 2.45) is 0 Å². The molecular formula is C23H28N2O5. The molecule has 30 heavy (non-hydrogen) atoms. The van der Waals surface area contributed by atoms with Crippen molar-refractivity contribution >= 4 is 11.6 Å². The molecule has 1 unspecified atom stereocenters. The van der Waals surface area contributed by atoms with E-state index in [0.29, 0.717) is 30.2 Å². The van der Waals surface area contributed by atoms with Crippen molar-refractivity contribution in [1.29, 1.82) is 0 Å². The number of ether oxygens (including phenoxy) is 2. The number of anilines is 1. The van der Waals surface area contributed by atoms with Gasteiger partial charge in [-0.3, -0.25) is 4.79 Å². The van der Waals surface area contributed by atoms with E-state index in [4.69, 9.17) is 13.9 Å². The molecule has 7 nitrogen and oxygen atoms in total. The van der Waals surface area contributed by atoms with Crippen LogP contribution >= 0.6 is 0 Å². The predicted octanol–water partition coefficient (Wildman–Crippen LogP) is 2.86. The van der Waals surface area contributed by atoms with Crippen molar-refractivity contribution in [3.05, 3.63) is 58.1 Å². The zero-order chi connectivity index (χ0) is 21.1. The van der Waals surface area contributed by atoms with Crippen molar-refractivity contribution in [3.63, 3.8) is 0 Å². The second-order valence-electron chi connectivity index (χ2n) is 7.97. The molecule has 0 aliphatic carbocycles. The van der Waals surface area contributed by atoms with Crippen LogP contribution in [0.3, 0.4) is 0 Å². The monoisotopic (exact) mass is 412 g/mol. The second kappa shape index (κ2) is 8.92. The van der Waals surface area contributed by atoms with Crippen LogP contribution in [-0.2, 0) is 4.74 Å². The summed E-state index contributed by atoms with van der Waals surface area (Å²) < 4.78 is 16.3. The van der Waals surface area contributed by atoms with Gasteiger partial charge < -0.3 is 23.7 Å².